The van der Waals surface area contributed by atoms with Gasteiger partial charge in [-0.1, -0.05) is 6.07 Å². The van der Waals surface area contributed by atoms with Crippen LogP contribution in [-0.2, 0) is 9.47 Å². The highest BCUT2D eigenvalue weighted by molar-refractivity contribution is 5.46. The van der Waals surface area contributed by atoms with Gasteiger partial charge in [0.05, 0.1) is 13.2 Å². The summed E-state index contributed by atoms with van der Waals surface area (Å²) >= 11 is 0. The smallest absolute Gasteiger partial charge is 0.131 e. The summed E-state index contributed by atoms with van der Waals surface area (Å²) in [5.41, 5.74) is 0. The lowest BCUT2D eigenvalue weighted by Gasteiger charge is -2.24. The number of anilines is 2. The molecule has 1 aromatic rings. The Bertz CT molecular complexity index is 337. The van der Waals surface area contributed by atoms with E-state index in [4.69, 9.17) is 9.47 Å². The average Bonchev–Trinajstić information content (AvgIpc) is 2.46. The summed E-state index contributed by atoms with van der Waals surface area (Å²) in [6.07, 6.45) is 0. The molecule has 19 heavy (non-hydrogen) atoms. The summed E-state index contributed by atoms with van der Waals surface area (Å²) in [4.78, 5) is 6.74. The van der Waals surface area contributed by atoms with Gasteiger partial charge in [-0.3, -0.25) is 0 Å². The molecule has 0 aromatic carbocycles. The van der Waals surface area contributed by atoms with Gasteiger partial charge in [0.25, 0.3) is 0 Å². The number of hydrogen-bond donors (Lipinski definition) is 1. The van der Waals surface area contributed by atoms with Gasteiger partial charge in [-0.15, -0.1) is 0 Å². The van der Waals surface area contributed by atoms with Crippen molar-refractivity contribution in [2.45, 2.75) is 13.8 Å². The van der Waals surface area contributed by atoms with Gasteiger partial charge in [0.1, 0.15) is 11.6 Å². The molecule has 0 atom stereocenters. The van der Waals surface area contributed by atoms with Crippen LogP contribution in [0.2, 0.25) is 0 Å². The quantitative estimate of drug-likeness (QED) is 0.657. The number of aromatic nitrogens is 1. The van der Waals surface area contributed by atoms with Crippen molar-refractivity contribution in [3.63, 3.8) is 0 Å². The first-order valence-electron chi connectivity index (χ1n) is 6.87. The summed E-state index contributed by atoms with van der Waals surface area (Å²) in [7, 11) is 1.87. The maximum Gasteiger partial charge on any atom is 0.131 e. The molecule has 1 rings (SSSR count). The third-order valence-electron chi connectivity index (χ3n) is 2.73. The standard InChI is InChI=1S/C14H25N3O2/c1-4-18-11-9-17(10-12-19-5-2)14-8-6-7-13(15-3)16-14/h6-8H,4-5,9-12H2,1-3H3,(H,15,16). The first-order valence-corrected chi connectivity index (χ1v) is 6.87. The summed E-state index contributed by atoms with van der Waals surface area (Å²) in [5.74, 6) is 1.82. The van der Waals surface area contributed by atoms with E-state index in [0.717, 1.165) is 37.9 Å². The Morgan fingerprint density at radius 3 is 2.26 bits per heavy atom. The van der Waals surface area contributed by atoms with Crippen LogP contribution in [0, 0.1) is 0 Å². The fourth-order valence-corrected chi connectivity index (χ4v) is 1.72. The van der Waals surface area contributed by atoms with Crippen LogP contribution in [0.5, 0.6) is 0 Å². The van der Waals surface area contributed by atoms with Crippen LogP contribution >= 0.6 is 0 Å². The highest BCUT2D eigenvalue weighted by Gasteiger charge is 2.08. The Morgan fingerprint density at radius 1 is 1.11 bits per heavy atom. The van der Waals surface area contributed by atoms with E-state index in [1.807, 2.05) is 39.1 Å². The third-order valence-corrected chi connectivity index (χ3v) is 2.73. The molecule has 0 saturated carbocycles. The Kier molecular flexibility index (Phi) is 7.93. The van der Waals surface area contributed by atoms with Crippen LogP contribution in [0.1, 0.15) is 13.8 Å². The SMILES string of the molecule is CCOCCN(CCOCC)c1cccc(NC)n1. The fraction of sp³-hybridized carbons (Fsp3) is 0.643. The molecular weight excluding hydrogens is 242 g/mol. The van der Waals surface area contributed by atoms with Gasteiger partial charge in [-0.25, -0.2) is 4.98 Å². The van der Waals surface area contributed by atoms with Crippen molar-refractivity contribution < 1.29 is 9.47 Å². The summed E-state index contributed by atoms with van der Waals surface area (Å²) in [5, 5.41) is 3.06. The molecule has 1 aromatic heterocycles. The van der Waals surface area contributed by atoms with Crippen molar-refractivity contribution in [1.82, 2.24) is 4.98 Å². The molecule has 1 heterocycles. The molecule has 0 unspecified atom stereocenters. The minimum atomic E-state index is 0.702. The summed E-state index contributed by atoms with van der Waals surface area (Å²) < 4.78 is 10.8. The topological polar surface area (TPSA) is 46.6 Å². The Morgan fingerprint density at radius 2 is 1.74 bits per heavy atom. The highest BCUT2D eigenvalue weighted by Crippen LogP contribution is 2.13. The monoisotopic (exact) mass is 267 g/mol. The lowest BCUT2D eigenvalue weighted by atomic mass is 10.4. The predicted octanol–water partition coefficient (Wildman–Crippen LogP) is 2.00. The number of ether oxygens (including phenoxy) is 2. The van der Waals surface area contributed by atoms with E-state index in [-0.39, 0.29) is 0 Å². The van der Waals surface area contributed by atoms with E-state index >= 15 is 0 Å². The summed E-state index contributed by atoms with van der Waals surface area (Å²) in [6.45, 7) is 8.53. The first-order chi connectivity index (χ1) is 9.31. The first kappa shape index (κ1) is 15.7. The Labute approximate surface area is 115 Å². The molecule has 0 aliphatic heterocycles. The number of hydrogen-bond acceptors (Lipinski definition) is 5. The molecule has 0 aliphatic rings. The molecule has 0 fully saturated rings. The average molecular weight is 267 g/mol. The molecule has 0 saturated heterocycles. The van der Waals surface area contributed by atoms with E-state index < -0.39 is 0 Å². The van der Waals surface area contributed by atoms with Crippen LogP contribution in [-0.4, -0.2) is 51.5 Å². The molecule has 5 heteroatoms. The zero-order valence-electron chi connectivity index (χ0n) is 12.2. The molecule has 0 aliphatic carbocycles. The number of rotatable bonds is 10. The van der Waals surface area contributed by atoms with E-state index in [1.54, 1.807) is 0 Å². The second-order valence-electron chi connectivity index (χ2n) is 4.01. The largest absolute Gasteiger partial charge is 0.380 e. The van der Waals surface area contributed by atoms with Gasteiger partial charge in [0.15, 0.2) is 0 Å². The zero-order valence-corrected chi connectivity index (χ0v) is 12.2. The summed E-state index contributed by atoms with van der Waals surface area (Å²) in [6, 6.07) is 5.97. The minimum absolute atomic E-state index is 0.702. The van der Waals surface area contributed by atoms with Crippen LogP contribution in [0.15, 0.2) is 18.2 Å². The van der Waals surface area contributed by atoms with E-state index in [1.165, 1.54) is 0 Å². The van der Waals surface area contributed by atoms with Crippen molar-refractivity contribution >= 4 is 11.6 Å². The van der Waals surface area contributed by atoms with Crippen molar-refractivity contribution in [2.75, 3.05) is 56.8 Å². The zero-order chi connectivity index (χ0) is 13.9. The van der Waals surface area contributed by atoms with Crippen LogP contribution in [0.4, 0.5) is 11.6 Å². The van der Waals surface area contributed by atoms with Crippen molar-refractivity contribution in [2.24, 2.45) is 0 Å². The second kappa shape index (κ2) is 9.58. The molecule has 108 valence electrons. The maximum atomic E-state index is 5.42. The van der Waals surface area contributed by atoms with E-state index in [9.17, 15) is 0 Å². The second-order valence-corrected chi connectivity index (χ2v) is 4.01. The minimum Gasteiger partial charge on any atom is -0.380 e. The van der Waals surface area contributed by atoms with E-state index in [0.29, 0.717) is 13.2 Å². The van der Waals surface area contributed by atoms with Gasteiger partial charge in [-0.05, 0) is 26.0 Å². The number of pyridine rings is 1. The molecule has 0 spiro atoms. The lowest BCUT2D eigenvalue weighted by molar-refractivity contribution is 0.141. The molecule has 1 N–H and O–H groups in total. The van der Waals surface area contributed by atoms with Crippen molar-refractivity contribution in [3.05, 3.63) is 18.2 Å². The van der Waals surface area contributed by atoms with Crippen molar-refractivity contribution in [1.29, 1.82) is 0 Å². The van der Waals surface area contributed by atoms with Crippen molar-refractivity contribution in [3.8, 4) is 0 Å². The molecule has 5 nitrogen and oxygen atoms in total. The maximum absolute atomic E-state index is 5.42. The van der Waals surface area contributed by atoms with Gasteiger partial charge in [-0.2, -0.15) is 0 Å². The van der Waals surface area contributed by atoms with Gasteiger partial charge < -0.3 is 19.7 Å². The van der Waals surface area contributed by atoms with Crippen LogP contribution in [0.25, 0.3) is 0 Å². The van der Waals surface area contributed by atoms with E-state index in [2.05, 4.69) is 15.2 Å². The molecule has 0 bridgehead atoms. The third kappa shape index (κ3) is 5.89. The Balaban J connectivity index is 2.63. The predicted molar refractivity (Wildman–Crippen MR) is 79.0 cm³/mol. The van der Waals surface area contributed by atoms with Gasteiger partial charge >= 0.3 is 0 Å². The highest BCUT2D eigenvalue weighted by atomic mass is 16.5. The Hall–Kier alpha value is -1.33. The molecular formula is C14H25N3O2. The number of nitrogens with one attached hydrogen (secondary N) is 1. The van der Waals surface area contributed by atoms with Gasteiger partial charge in [0, 0.05) is 33.4 Å². The van der Waals surface area contributed by atoms with Crippen LogP contribution in [0.3, 0.4) is 0 Å². The van der Waals surface area contributed by atoms with Gasteiger partial charge in [0.2, 0.25) is 0 Å². The van der Waals surface area contributed by atoms with Crippen LogP contribution < -0.4 is 10.2 Å². The lowest BCUT2D eigenvalue weighted by Crippen LogP contribution is -2.31. The fourth-order valence-electron chi connectivity index (χ4n) is 1.72. The molecule has 0 radical (unpaired) electrons. The molecule has 0 amide bonds. The number of nitrogens with zero attached hydrogens (tertiary/aromatic N) is 2. The normalized spacial score (nSPS) is 10.5.